The highest BCUT2D eigenvalue weighted by Gasteiger charge is 2.14. The Morgan fingerprint density at radius 1 is 1.00 bits per heavy atom. The highest BCUT2D eigenvalue weighted by atomic mass is 16.5. The SMILES string of the molecule is COc1cc(-c2cnn(C)c2)cn2ncc(C#Cc3cnc(-c4cc(C)on4)n3C)c12. The van der Waals surface area contributed by atoms with E-state index in [0.29, 0.717) is 17.3 Å². The number of hydrogen-bond acceptors (Lipinski definition) is 6. The van der Waals surface area contributed by atoms with Crippen molar-refractivity contribution in [1.29, 1.82) is 0 Å². The molecule has 0 atom stereocenters. The van der Waals surface area contributed by atoms with Crippen LogP contribution in [0.5, 0.6) is 5.75 Å². The number of aryl methyl sites for hydroxylation is 2. The van der Waals surface area contributed by atoms with Crippen LogP contribution in [-0.2, 0) is 14.1 Å². The minimum Gasteiger partial charge on any atom is -0.494 e. The first-order chi connectivity index (χ1) is 15.0. The Morgan fingerprint density at radius 2 is 1.87 bits per heavy atom. The van der Waals surface area contributed by atoms with Crippen LogP contribution in [0.2, 0.25) is 0 Å². The molecule has 0 aliphatic heterocycles. The molecule has 0 aliphatic rings. The van der Waals surface area contributed by atoms with Crippen LogP contribution < -0.4 is 4.74 Å². The molecule has 0 fully saturated rings. The van der Waals surface area contributed by atoms with Gasteiger partial charge in [-0.25, -0.2) is 9.50 Å². The molecule has 0 unspecified atom stereocenters. The van der Waals surface area contributed by atoms with Gasteiger partial charge in [-0.15, -0.1) is 0 Å². The molecule has 0 bridgehead atoms. The van der Waals surface area contributed by atoms with Crippen LogP contribution in [0.15, 0.2) is 47.6 Å². The third-order valence-electron chi connectivity index (χ3n) is 5.01. The summed E-state index contributed by atoms with van der Waals surface area (Å²) in [5, 5.41) is 12.7. The number of pyridine rings is 1. The largest absolute Gasteiger partial charge is 0.494 e. The van der Waals surface area contributed by atoms with Crippen LogP contribution in [0.4, 0.5) is 0 Å². The van der Waals surface area contributed by atoms with Crippen molar-refractivity contribution in [2.45, 2.75) is 6.92 Å². The van der Waals surface area contributed by atoms with Crippen molar-refractivity contribution in [2.75, 3.05) is 7.11 Å². The van der Waals surface area contributed by atoms with E-state index in [1.165, 1.54) is 0 Å². The van der Waals surface area contributed by atoms with Crippen molar-refractivity contribution < 1.29 is 9.26 Å². The summed E-state index contributed by atoms with van der Waals surface area (Å²) in [5.74, 6) is 8.49. The summed E-state index contributed by atoms with van der Waals surface area (Å²) in [7, 11) is 5.42. The molecule has 0 aromatic carbocycles. The summed E-state index contributed by atoms with van der Waals surface area (Å²) in [6.45, 7) is 1.85. The quantitative estimate of drug-likeness (QED) is 0.423. The molecule has 9 nitrogen and oxygen atoms in total. The van der Waals surface area contributed by atoms with Crippen LogP contribution >= 0.6 is 0 Å². The number of fused-ring (bicyclic) bond motifs is 1. The second kappa shape index (κ2) is 7.18. The number of imidazole rings is 1. The van der Waals surface area contributed by atoms with Crippen LogP contribution in [0, 0.1) is 18.8 Å². The number of nitrogens with zero attached hydrogens (tertiary/aromatic N) is 7. The summed E-state index contributed by atoms with van der Waals surface area (Å²) in [6, 6.07) is 3.81. The molecule has 0 spiro atoms. The molecule has 0 aliphatic carbocycles. The molecule has 0 amide bonds. The van der Waals surface area contributed by atoms with Crippen LogP contribution in [0.25, 0.3) is 28.2 Å². The van der Waals surface area contributed by atoms with Gasteiger partial charge in [-0.2, -0.15) is 10.2 Å². The maximum Gasteiger partial charge on any atom is 0.162 e. The number of rotatable bonds is 3. The first-order valence-electron chi connectivity index (χ1n) is 9.55. The molecule has 154 valence electrons. The fourth-order valence-corrected chi connectivity index (χ4v) is 3.43. The van der Waals surface area contributed by atoms with Gasteiger partial charge in [0.1, 0.15) is 28.4 Å². The Bertz CT molecular complexity index is 1470. The molecule has 9 heteroatoms. The molecule has 0 saturated carbocycles. The van der Waals surface area contributed by atoms with Gasteiger partial charge in [0.15, 0.2) is 5.82 Å². The van der Waals surface area contributed by atoms with Crippen molar-refractivity contribution in [1.82, 2.24) is 34.1 Å². The Balaban J connectivity index is 1.54. The van der Waals surface area contributed by atoms with Gasteiger partial charge < -0.3 is 13.8 Å². The summed E-state index contributed by atoms with van der Waals surface area (Å²) in [5.41, 5.74) is 4.93. The predicted molar refractivity (Wildman–Crippen MR) is 113 cm³/mol. The zero-order valence-electron chi connectivity index (χ0n) is 17.5. The van der Waals surface area contributed by atoms with E-state index in [2.05, 4.69) is 32.2 Å². The van der Waals surface area contributed by atoms with E-state index in [0.717, 1.165) is 33.7 Å². The highest BCUT2D eigenvalue weighted by Crippen LogP contribution is 2.29. The molecule has 5 rings (SSSR count). The fraction of sp³-hybridized carbons (Fsp3) is 0.182. The monoisotopic (exact) mass is 413 g/mol. The molecule has 0 N–H and O–H groups in total. The maximum atomic E-state index is 5.64. The second-order valence-corrected chi connectivity index (χ2v) is 7.15. The van der Waals surface area contributed by atoms with Crippen LogP contribution in [0.3, 0.4) is 0 Å². The Morgan fingerprint density at radius 3 is 2.58 bits per heavy atom. The molecular weight excluding hydrogens is 394 g/mol. The summed E-state index contributed by atoms with van der Waals surface area (Å²) in [6.07, 6.45) is 9.14. The van der Waals surface area contributed by atoms with Crippen LogP contribution in [0.1, 0.15) is 17.0 Å². The average molecular weight is 413 g/mol. The minimum atomic E-state index is 0.675. The van der Waals surface area contributed by atoms with Gasteiger partial charge in [0.05, 0.1) is 31.3 Å². The maximum absolute atomic E-state index is 5.64. The number of ether oxygens (including phenoxy) is 1. The number of hydrogen-bond donors (Lipinski definition) is 0. The Labute approximate surface area is 177 Å². The van der Waals surface area contributed by atoms with Gasteiger partial charge in [0.25, 0.3) is 0 Å². The minimum absolute atomic E-state index is 0.675. The lowest BCUT2D eigenvalue weighted by molar-refractivity contribution is 0.399. The van der Waals surface area contributed by atoms with Gasteiger partial charge in [0, 0.05) is 43.7 Å². The first-order valence-corrected chi connectivity index (χ1v) is 9.55. The summed E-state index contributed by atoms with van der Waals surface area (Å²) >= 11 is 0. The highest BCUT2D eigenvalue weighted by molar-refractivity contribution is 5.75. The lowest BCUT2D eigenvalue weighted by Gasteiger charge is -2.06. The smallest absolute Gasteiger partial charge is 0.162 e. The van der Waals surface area contributed by atoms with Gasteiger partial charge in [-0.05, 0) is 18.9 Å². The third-order valence-corrected chi connectivity index (χ3v) is 5.01. The second-order valence-electron chi connectivity index (χ2n) is 7.15. The first kappa shape index (κ1) is 18.7. The standard InChI is InChI=1S/C22H19N7O2/c1-14-7-19(26-31-14)22-23-11-18(28(22)3)6-5-15-9-25-29-13-16(8-20(30-4)21(15)29)17-10-24-27(2)12-17/h7-13H,1-4H3. The van der Waals surface area contributed by atoms with E-state index in [1.807, 2.05) is 50.1 Å². The van der Waals surface area contributed by atoms with E-state index in [9.17, 15) is 0 Å². The van der Waals surface area contributed by atoms with Gasteiger partial charge in [0.2, 0.25) is 0 Å². The van der Waals surface area contributed by atoms with E-state index >= 15 is 0 Å². The number of aromatic nitrogens is 7. The third kappa shape index (κ3) is 3.24. The van der Waals surface area contributed by atoms with E-state index < -0.39 is 0 Å². The zero-order chi connectivity index (χ0) is 21.5. The lowest BCUT2D eigenvalue weighted by Crippen LogP contribution is -1.96. The van der Waals surface area contributed by atoms with Crippen molar-refractivity contribution >= 4 is 5.52 Å². The molecule has 5 aromatic rings. The Hall–Kier alpha value is -4.32. The lowest BCUT2D eigenvalue weighted by atomic mass is 10.1. The predicted octanol–water partition coefficient (Wildman–Crippen LogP) is 2.84. The van der Waals surface area contributed by atoms with Crippen molar-refractivity contribution in [3.8, 4) is 40.2 Å². The van der Waals surface area contributed by atoms with E-state index in [4.69, 9.17) is 9.26 Å². The van der Waals surface area contributed by atoms with Crippen LogP contribution in [-0.4, -0.2) is 41.2 Å². The molecule has 0 radical (unpaired) electrons. The molecular formula is C22H19N7O2. The molecule has 0 saturated heterocycles. The molecule has 31 heavy (non-hydrogen) atoms. The average Bonchev–Trinajstić information content (AvgIpc) is 3.54. The van der Waals surface area contributed by atoms with E-state index in [-0.39, 0.29) is 0 Å². The van der Waals surface area contributed by atoms with Crippen molar-refractivity contribution in [2.24, 2.45) is 14.1 Å². The topological polar surface area (TPSA) is 88.2 Å². The van der Waals surface area contributed by atoms with Crippen molar-refractivity contribution in [3.63, 3.8) is 0 Å². The summed E-state index contributed by atoms with van der Waals surface area (Å²) < 4.78 is 16.2. The van der Waals surface area contributed by atoms with Gasteiger partial charge in [-0.1, -0.05) is 11.1 Å². The normalized spacial score (nSPS) is 11.0. The van der Waals surface area contributed by atoms with Gasteiger partial charge in [-0.3, -0.25) is 4.68 Å². The number of methoxy groups -OCH3 is 1. The molecule has 5 heterocycles. The van der Waals surface area contributed by atoms with Crippen molar-refractivity contribution in [3.05, 3.63) is 60.1 Å². The fourth-order valence-electron chi connectivity index (χ4n) is 3.43. The van der Waals surface area contributed by atoms with Gasteiger partial charge >= 0.3 is 0 Å². The summed E-state index contributed by atoms with van der Waals surface area (Å²) in [4.78, 5) is 4.43. The zero-order valence-corrected chi connectivity index (χ0v) is 17.5. The molecule has 5 aromatic heterocycles. The Kier molecular flexibility index (Phi) is 4.33. The van der Waals surface area contributed by atoms with E-state index in [1.54, 1.807) is 34.9 Å².